The maximum Gasteiger partial charge on any atom is 0.409 e. The van der Waals surface area contributed by atoms with Crippen molar-refractivity contribution in [1.82, 2.24) is 29.9 Å². The smallest absolute Gasteiger partial charge is 0.409 e. The Morgan fingerprint density at radius 2 is 1.86 bits per heavy atom. The predicted molar refractivity (Wildman–Crippen MR) is 135 cm³/mol. The molecular weight excluding hydrogens is 458 g/mol. The lowest BCUT2D eigenvalue weighted by Gasteiger charge is -2.31. The summed E-state index contributed by atoms with van der Waals surface area (Å²) < 4.78 is 13.2. The predicted octanol–water partition coefficient (Wildman–Crippen LogP) is 4.82. The number of likely N-dealkylation sites (tertiary alicyclic amines) is 1. The Hall–Kier alpha value is -4.21. The minimum Gasteiger partial charge on any atom is -0.449 e. The lowest BCUT2D eigenvalue weighted by atomic mass is 10.1. The molecule has 1 fully saturated rings. The summed E-state index contributed by atoms with van der Waals surface area (Å²) in [6.07, 6.45) is 8.83. The molecule has 1 aromatic carbocycles. The molecular formula is C26H29N7O3. The Bertz CT molecular complexity index is 1310. The highest BCUT2D eigenvalue weighted by Crippen LogP contribution is 2.31. The number of pyridine rings is 1. The summed E-state index contributed by atoms with van der Waals surface area (Å²) in [5, 5.41) is 12.9. The van der Waals surface area contributed by atoms with Crippen LogP contribution >= 0.6 is 0 Å². The molecule has 0 unspecified atom stereocenters. The molecule has 10 heteroatoms. The Labute approximate surface area is 209 Å². The summed E-state index contributed by atoms with van der Waals surface area (Å²) >= 11 is 0. The second-order valence-electron chi connectivity index (χ2n) is 8.83. The number of hydrogen-bond donors (Lipinski definition) is 1. The van der Waals surface area contributed by atoms with Gasteiger partial charge in [0.05, 0.1) is 24.4 Å². The van der Waals surface area contributed by atoms with E-state index >= 15 is 0 Å². The van der Waals surface area contributed by atoms with Crippen LogP contribution in [0, 0.1) is 0 Å². The normalized spacial score (nSPS) is 14.2. The fourth-order valence-electron chi connectivity index (χ4n) is 4.23. The van der Waals surface area contributed by atoms with Crippen LogP contribution in [0.4, 0.5) is 10.6 Å². The maximum atomic E-state index is 12.2. The van der Waals surface area contributed by atoms with Crippen LogP contribution in [0.15, 0.2) is 59.4 Å². The number of hydrogen-bond acceptors (Lipinski definition) is 8. The first-order valence-electron chi connectivity index (χ1n) is 12.2. The zero-order valence-electron chi connectivity index (χ0n) is 20.2. The number of unbranched alkanes of at least 4 members (excludes halogenated alkanes) is 1. The van der Waals surface area contributed by atoms with Crippen molar-refractivity contribution >= 4 is 11.9 Å². The standard InChI is InChI=1S/C26H29N7O3/c1-2-3-13-35-26(34)32-11-9-21(10-12-32)33-17-20(16-29-33)19-14-22(23(27)28-15-19)25-31-30-24(36-25)18-7-5-4-6-8-18/h4-8,14-17,21H,2-3,9-13H2,1H3,(H2,27,28). The van der Waals surface area contributed by atoms with E-state index in [1.165, 1.54) is 0 Å². The van der Waals surface area contributed by atoms with Gasteiger partial charge in [0.15, 0.2) is 0 Å². The fraction of sp³-hybridized carbons (Fsp3) is 0.346. The summed E-state index contributed by atoms with van der Waals surface area (Å²) in [4.78, 5) is 18.3. The summed E-state index contributed by atoms with van der Waals surface area (Å²) in [5.74, 6) is 1.04. The molecule has 0 spiro atoms. The van der Waals surface area contributed by atoms with E-state index in [0.717, 1.165) is 42.4 Å². The molecule has 5 rings (SSSR count). The van der Waals surface area contributed by atoms with Gasteiger partial charge in [-0.1, -0.05) is 31.5 Å². The van der Waals surface area contributed by atoms with Gasteiger partial charge >= 0.3 is 6.09 Å². The quantitative estimate of drug-likeness (QED) is 0.368. The SMILES string of the molecule is CCCCOC(=O)N1CCC(n2cc(-c3cnc(N)c(-c4nnc(-c5ccccc5)o4)c3)cn2)CC1. The van der Waals surface area contributed by atoms with Gasteiger partial charge in [0.1, 0.15) is 5.82 Å². The van der Waals surface area contributed by atoms with Gasteiger partial charge < -0.3 is 19.8 Å². The second kappa shape index (κ2) is 10.6. The summed E-state index contributed by atoms with van der Waals surface area (Å²) in [6.45, 7) is 3.86. The zero-order chi connectivity index (χ0) is 24.9. The molecule has 0 aliphatic carbocycles. The van der Waals surface area contributed by atoms with E-state index in [4.69, 9.17) is 14.9 Å². The van der Waals surface area contributed by atoms with E-state index in [9.17, 15) is 4.79 Å². The van der Waals surface area contributed by atoms with E-state index in [2.05, 4.69) is 27.2 Å². The van der Waals surface area contributed by atoms with Crippen molar-refractivity contribution < 1.29 is 13.9 Å². The monoisotopic (exact) mass is 487 g/mol. The number of nitrogen functional groups attached to an aromatic ring is 1. The molecule has 0 atom stereocenters. The number of anilines is 1. The van der Waals surface area contributed by atoms with E-state index in [0.29, 0.717) is 42.9 Å². The number of amides is 1. The first-order valence-corrected chi connectivity index (χ1v) is 12.2. The number of aromatic nitrogens is 5. The van der Waals surface area contributed by atoms with E-state index in [1.54, 1.807) is 11.1 Å². The molecule has 10 nitrogen and oxygen atoms in total. The molecule has 36 heavy (non-hydrogen) atoms. The molecule has 1 aliphatic heterocycles. The van der Waals surface area contributed by atoms with E-state index in [1.807, 2.05) is 53.5 Å². The third-order valence-corrected chi connectivity index (χ3v) is 6.35. The van der Waals surface area contributed by atoms with Crippen molar-refractivity contribution in [1.29, 1.82) is 0 Å². The van der Waals surface area contributed by atoms with Crippen LogP contribution in [0.5, 0.6) is 0 Å². The molecule has 4 aromatic rings. The molecule has 1 aliphatic rings. The van der Waals surface area contributed by atoms with E-state index < -0.39 is 0 Å². The molecule has 3 aromatic heterocycles. The highest BCUT2D eigenvalue weighted by molar-refractivity contribution is 5.75. The van der Waals surface area contributed by atoms with Crippen molar-refractivity contribution in [3.63, 3.8) is 0 Å². The lowest BCUT2D eigenvalue weighted by Crippen LogP contribution is -2.39. The van der Waals surface area contributed by atoms with Crippen molar-refractivity contribution in [2.24, 2.45) is 0 Å². The highest BCUT2D eigenvalue weighted by Gasteiger charge is 2.25. The molecule has 1 amide bonds. The number of rotatable bonds is 7. The van der Waals surface area contributed by atoms with Gasteiger partial charge in [-0.25, -0.2) is 9.78 Å². The Morgan fingerprint density at radius 1 is 1.08 bits per heavy atom. The minimum atomic E-state index is -0.222. The van der Waals surface area contributed by atoms with Gasteiger partial charge in [0.25, 0.3) is 5.89 Å². The number of piperidine rings is 1. The third kappa shape index (κ3) is 5.07. The summed E-state index contributed by atoms with van der Waals surface area (Å²) in [7, 11) is 0. The van der Waals surface area contributed by atoms with Crippen LogP contribution < -0.4 is 5.73 Å². The van der Waals surface area contributed by atoms with Crippen molar-refractivity contribution in [3.8, 4) is 34.0 Å². The van der Waals surface area contributed by atoms with Crippen LogP contribution in [-0.2, 0) is 4.74 Å². The number of benzene rings is 1. The zero-order valence-corrected chi connectivity index (χ0v) is 20.2. The molecule has 0 bridgehead atoms. The maximum absolute atomic E-state index is 12.2. The lowest BCUT2D eigenvalue weighted by molar-refractivity contribution is 0.0865. The van der Waals surface area contributed by atoms with Crippen molar-refractivity contribution in [2.75, 3.05) is 25.4 Å². The molecule has 0 radical (unpaired) electrons. The first-order chi connectivity index (χ1) is 17.6. The van der Waals surface area contributed by atoms with Crippen LogP contribution in [0.1, 0.15) is 38.6 Å². The topological polar surface area (TPSA) is 125 Å². The molecule has 186 valence electrons. The summed E-state index contributed by atoms with van der Waals surface area (Å²) in [5.41, 5.74) is 9.31. The largest absolute Gasteiger partial charge is 0.449 e. The second-order valence-corrected chi connectivity index (χ2v) is 8.83. The van der Waals surface area contributed by atoms with E-state index in [-0.39, 0.29) is 12.1 Å². The van der Waals surface area contributed by atoms with Gasteiger partial charge in [0, 0.05) is 42.2 Å². The molecule has 1 saturated heterocycles. The van der Waals surface area contributed by atoms with Gasteiger partial charge in [-0.3, -0.25) is 4.68 Å². The molecule has 4 heterocycles. The average molecular weight is 488 g/mol. The number of ether oxygens (including phenoxy) is 1. The first kappa shape index (κ1) is 23.5. The number of carbonyl (C=O) groups excluding carboxylic acids is 1. The Morgan fingerprint density at radius 3 is 2.64 bits per heavy atom. The van der Waals surface area contributed by atoms with Crippen LogP contribution in [0.2, 0.25) is 0 Å². The summed E-state index contributed by atoms with van der Waals surface area (Å²) in [6, 6.07) is 11.7. The number of nitrogens with zero attached hydrogens (tertiary/aromatic N) is 6. The Kier molecular flexibility index (Phi) is 6.92. The van der Waals surface area contributed by atoms with Gasteiger partial charge in [0.2, 0.25) is 5.89 Å². The Balaban J connectivity index is 1.27. The van der Waals surface area contributed by atoms with Crippen molar-refractivity contribution in [3.05, 3.63) is 55.0 Å². The van der Waals surface area contributed by atoms with Gasteiger partial charge in [-0.05, 0) is 37.5 Å². The molecule has 0 saturated carbocycles. The third-order valence-electron chi connectivity index (χ3n) is 6.35. The highest BCUT2D eigenvalue weighted by atomic mass is 16.6. The van der Waals surface area contributed by atoms with Crippen LogP contribution in [0.25, 0.3) is 34.0 Å². The number of nitrogens with two attached hydrogens (primary N) is 1. The van der Waals surface area contributed by atoms with Crippen LogP contribution in [-0.4, -0.2) is 55.7 Å². The number of carbonyl (C=O) groups is 1. The van der Waals surface area contributed by atoms with Crippen molar-refractivity contribution in [2.45, 2.75) is 38.6 Å². The average Bonchev–Trinajstić information content (AvgIpc) is 3.61. The van der Waals surface area contributed by atoms with Gasteiger partial charge in [-0.2, -0.15) is 5.10 Å². The molecule has 2 N–H and O–H groups in total. The van der Waals surface area contributed by atoms with Crippen LogP contribution in [0.3, 0.4) is 0 Å². The fourth-order valence-corrected chi connectivity index (χ4v) is 4.23. The minimum absolute atomic E-state index is 0.212. The van der Waals surface area contributed by atoms with Gasteiger partial charge in [-0.15, -0.1) is 10.2 Å².